The van der Waals surface area contributed by atoms with Gasteiger partial charge < -0.3 is 5.32 Å². The average molecular weight is 442 g/mol. The van der Waals surface area contributed by atoms with Gasteiger partial charge >= 0.3 is 6.18 Å². The third-order valence-electron chi connectivity index (χ3n) is 4.91. The number of nitrogens with one attached hydrogen (secondary N) is 1. The van der Waals surface area contributed by atoms with Crippen molar-refractivity contribution in [1.29, 1.82) is 0 Å². The van der Waals surface area contributed by atoms with Crippen molar-refractivity contribution >= 4 is 29.2 Å². The van der Waals surface area contributed by atoms with E-state index in [9.17, 15) is 27.6 Å². The molecular weight excluding hydrogens is 425 g/mol. The highest BCUT2D eigenvalue weighted by molar-refractivity contribution is 6.20. The zero-order chi connectivity index (χ0) is 23.0. The molecule has 0 atom stereocenters. The van der Waals surface area contributed by atoms with Crippen LogP contribution in [0.1, 0.15) is 34.5 Å². The fraction of sp³-hybridized carbons (Fsp3) is 0.182. The number of hydrogen-bond donors (Lipinski definition) is 1. The smallest absolute Gasteiger partial charge is 0.306 e. The number of benzene rings is 2. The molecule has 0 bridgehead atoms. The molecule has 0 spiro atoms. The lowest BCUT2D eigenvalue weighted by Gasteiger charge is -2.15. The summed E-state index contributed by atoms with van der Waals surface area (Å²) in [6.45, 7) is 1.64. The Morgan fingerprint density at radius 3 is 2.31 bits per heavy atom. The first-order valence-corrected chi connectivity index (χ1v) is 9.65. The summed E-state index contributed by atoms with van der Waals surface area (Å²) in [6.07, 6.45) is -4.29. The molecule has 4 rings (SSSR count). The molecule has 10 heteroatoms. The predicted octanol–water partition coefficient (Wildman–Crippen LogP) is 4.11. The van der Waals surface area contributed by atoms with Gasteiger partial charge in [0, 0.05) is 24.5 Å². The number of carbonyl (C=O) groups is 3. The van der Waals surface area contributed by atoms with E-state index in [0.29, 0.717) is 5.69 Å². The number of amides is 3. The molecular formula is C22H17F3N4O3. The van der Waals surface area contributed by atoms with E-state index in [1.54, 1.807) is 19.1 Å². The lowest BCUT2D eigenvalue weighted by molar-refractivity contribution is -0.137. The molecule has 164 valence electrons. The molecule has 0 radical (unpaired) electrons. The average Bonchev–Trinajstić information content (AvgIpc) is 3.28. The monoisotopic (exact) mass is 442 g/mol. The van der Waals surface area contributed by atoms with Crippen molar-refractivity contribution in [2.24, 2.45) is 0 Å². The van der Waals surface area contributed by atoms with E-state index in [0.717, 1.165) is 17.0 Å². The van der Waals surface area contributed by atoms with Gasteiger partial charge in [-0.15, -0.1) is 0 Å². The molecule has 1 aliphatic heterocycles. The van der Waals surface area contributed by atoms with Crippen LogP contribution in [0.25, 0.3) is 5.69 Å². The van der Waals surface area contributed by atoms with Crippen molar-refractivity contribution in [3.63, 3.8) is 0 Å². The van der Waals surface area contributed by atoms with Crippen molar-refractivity contribution in [3.8, 4) is 5.69 Å². The number of halogens is 3. The number of rotatable bonds is 4. The molecule has 0 saturated carbocycles. The Morgan fingerprint density at radius 2 is 1.62 bits per heavy atom. The maximum absolute atomic E-state index is 13.1. The largest absolute Gasteiger partial charge is 0.416 e. The topological polar surface area (TPSA) is 84.3 Å². The molecule has 2 aromatic carbocycles. The Balaban J connectivity index is 1.63. The summed E-state index contributed by atoms with van der Waals surface area (Å²) < 4.78 is 40.5. The highest BCUT2D eigenvalue weighted by atomic mass is 19.4. The third kappa shape index (κ3) is 4.11. The maximum Gasteiger partial charge on any atom is 0.416 e. The Hall–Kier alpha value is -3.95. The molecule has 0 aliphatic carbocycles. The van der Waals surface area contributed by atoms with Gasteiger partial charge in [0.25, 0.3) is 5.91 Å². The first-order valence-electron chi connectivity index (χ1n) is 9.65. The van der Waals surface area contributed by atoms with Gasteiger partial charge in [-0.2, -0.15) is 18.3 Å². The van der Waals surface area contributed by atoms with Crippen LogP contribution in [-0.2, 0) is 15.8 Å². The second-order valence-corrected chi connectivity index (χ2v) is 7.26. The van der Waals surface area contributed by atoms with Gasteiger partial charge in [-0.1, -0.05) is 12.1 Å². The highest BCUT2D eigenvalue weighted by Gasteiger charge is 2.31. The van der Waals surface area contributed by atoms with Crippen LogP contribution in [0.5, 0.6) is 0 Å². The first kappa shape index (κ1) is 21.3. The number of aromatic nitrogens is 2. The molecule has 1 aliphatic rings. The van der Waals surface area contributed by atoms with Crippen molar-refractivity contribution in [2.45, 2.75) is 25.9 Å². The standard InChI is InChI=1S/C22H17F3N4O3/c1-13-10-18(29(27-13)17-7-3-5-15(12-17)22(23,24)25)26-21(32)14-4-2-6-16(11-14)28-19(30)8-9-20(28)31/h2-7,10-12H,8-9H2,1H3,(H,26,32). The highest BCUT2D eigenvalue weighted by Crippen LogP contribution is 2.31. The van der Waals surface area contributed by atoms with Gasteiger partial charge in [0.15, 0.2) is 0 Å². The van der Waals surface area contributed by atoms with Gasteiger partial charge in [-0.05, 0) is 43.3 Å². The Bertz CT molecular complexity index is 1220. The summed E-state index contributed by atoms with van der Waals surface area (Å²) in [6, 6.07) is 12.1. The lowest BCUT2D eigenvalue weighted by atomic mass is 10.1. The van der Waals surface area contributed by atoms with Crippen LogP contribution < -0.4 is 10.2 Å². The summed E-state index contributed by atoms with van der Waals surface area (Å²) in [7, 11) is 0. The summed E-state index contributed by atoms with van der Waals surface area (Å²) >= 11 is 0. The number of nitrogens with zero attached hydrogens (tertiary/aromatic N) is 3. The van der Waals surface area contributed by atoms with Gasteiger partial charge in [-0.3, -0.25) is 19.3 Å². The van der Waals surface area contributed by atoms with Crippen LogP contribution in [0.3, 0.4) is 0 Å². The molecule has 1 saturated heterocycles. The molecule has 3 aromatic rings. The number of anilines is 2. The SMILES string of the molecule is Cc1cc(NC(=O)c2cccc(N3C(=O)CCC3=O)c2)n(-c2cccc(C(F)(F)F)c2)n1. The van der Waals surface area contributed by atoms with E-state index in [2.05, 4.69) is 10.4 Å². The van der Waals surface area contributed by atoms with Crippen molar-refractivity contribution in [1.82, 2.24) is 9.78 Å². The molecule has 0 unspecified atom stereocenters. The van der Waals surface area contributed by atoms with Gasteiger partial charge in [0.2, 0.25) is 11.8 Å². The molecule has 3 amide bonds. The van der Waals surface area contributed by atoms with Crippen LogP contribution in [0.15, 0.2) is 54.6 Å². The zero-order valence-electron chi connectivity index (χ0n) is 16.8. The molecule has 1 N–H and O–H groups in total. The summed E-state index contributed by atoms with van der Waals surface area (Å²) in [5.74, 6) is -1.08. The molecule has 32 heavy (non-hydrogen) atoms. The Labute approximate surface area is 180 Å². The minimum Gasteiger partial charge on any atom is -0.306 e. The minimum absolute atomic E-state index is 0.116. The van der Waals surface area contributed by atoms with Crippen LogP contribution in [0, 0.1) is 6.92 Å². The van der Waals surface area contributed by atoms with Gasteiger partial charge in [0.1, 0.15) is 5.82 Å². The fourth-order valence-electron chi connectivity index (χ4n) is 3.44. The quantitative estimate of drug-likeness (QED) is 0.617. The normalized spacial score (nSPS) is 14.2. The zero-order valence-corrected chi connectivity index (χ0v) is 16.8. The van der Waals surface area contributed by atoms with E-state index in [4.69, 9.17) is 0 Å². The van der Waals surface area contributed by atoms with E-state index in [-0.39, 0.29) is 47.4 Å². The second-order valence-electron chi connectivity index (χ2n) is 7.26. The number of imide groups is 1. The van der Waals surface area contributed by atoms with E-state index < -0.39 is 17.6 Å². The first-order chi connectivity index (χ1) is 15.1. The number of aryl methyl sites for hydroxylation is 1. The summed E-state index contributed by atoms with van der Waals surface area (Å²) in [4.78, 5) is 37.8. The molecule has 1 aromatic heterocycles. The van der Waals surface area contributed by atoms with Crippen LogP contribution >= 0.6 is 0 Å². The van der Waals surface area contributed by atoms with Crippen LogP contribution in [0.4, 0.5) is 24.7 Å². The number of hydrogen-bond acceptors (Lipinski definition) is 4. The van der Waals surface area contributed by atoms with E-state index >= 15 is 0 Å². The van der Waals surface area contributed by atoms with Gasteiger partial charge in [0.05, 0.1) is 22.6 Å². The van der Waals surface area contributed by atoms with Crippen molar-refractivity contribution < 1.29 is 27.6 Å². The Morgan fingerprint density at radius 1 is 0.969 bits per heavy atom. The molecule has 2 heterocycles. The van der Waals surface area contributed by atoms with Crippen molar-refractivity contribution in [2.75, 3.05) is 10.2 Å². The Kier molecular flexibility index (Phi) is 5.29. The van der Waals surface area contributed by atoms with E-state index in [1.807, 2.05) is 0 Å². The number of carbonyl (C=O) groups excluding carboxylic acids is 3. The lowest BCUT2D eigenvalue weighted by Crippen LogP contribution is -2.28. The molecule has 7 nitrogen and oxygen atoms in total. The summed E-state index contributed by atoms with van der Waals surface area (Å²) in [5.41, 5.74) is 0.232. The van der Waals surface area contributed by atoms with Crippen molar-refractivity contribution in [3.05, 3.63) is 71.4 Å². The molecule has 1 fully saturated rings. The number of alkyl halides is 3. The van der Waals surface area contributed by atoms with Crippen LogP contribution in [0.2, 0.25) is 0 Å². The van der Waals surface area contributed by atoms with Crippen LogP contribution in [-0.4, -0.2) is 27.5 Å². The fourth-order valence-corrected chi connectivity index (χ4v) is 3.44. The van der Waals surface area contributed by atoms with Gasteiger partial charge in [-0.25, -0.2) is 4.68 Å². The summed E-state index contributed by atoms with van der Waals surface area (Å²) in [5, 5.41) is 6.82. The predicted molar refractivity (Wildman–Crippen MR) is 109 cm³/mol. The second kappa shape index (κ2) is 7.95. The minimum atomic E-state index is -4.52. The maximum atomic E-state index is 13.1. The third-order valence-corrected chi connectivity index (χ3v) is 4.91. The van der Waals surface area contributed by atoms with E-state index in [1.165, 1.54) is 35.0 Å².